The molecule has 0 atom stereocenters. The Morgan fingerprint density at radius 3 is 2.41 bits per heavy atom. The maximum atomic E-state index is 6.10. The van der Waals surface area contributed by atoms with Crippen molar-refractivity contribution in [1.29, 1.82) is 0 Å². The maximum absolute atomic E-state index is 6.10. The predicted molar refractivity (Wildman–Crippen MR) is 72.6 cm³/mol. The third-order valence-corrected chi connectivity index (χ3v) is 2.88. The first-order valence-corrected chi connectivity index (χ1v) is 5.69. The van der Waals surface area contributed by atoms with Crippen LogP contribution in [0.4, 0.5) is 5.69 Å². The van der Waals surface area contributed by atoms with E-state index in [4.69, 9.17) is 22.1 Å². The first kappa shape index (κ1) is 11.8. The van der Waals surface area contributed by atoms with Gasteiger partial charge in [-0.3, -0.25) is 0 Å². The summed E-state index contributed by atoms with van der Waals surface area (Å²) in [6.07, 6.45) is 0. The summed E-state index contributed by atoms with van der Waals surface area (Å²) in [5.74, 6) is 0.677. The van der Waals surface area contributed by atoms with E-state index >= 15 is 0 Å². The third-order valence-electron chi connectivity index (χ3n) is 2.58. The van der Waals surface area contributed by atoms with Crippen molar-refractivity contribution < 1.29 is 4.74 Å². The van der Waals surface area contributed by atoms with Crippen molar-refractivity contribution in [3.63, 3.8) is 0 Å². The first-order chi connectivity index (χ1) is 8.10. The van der Waals surface area contributed by atoms with Crippen LogP contribution in [0.25, 0.3) is 11.1 Å². The maximum Gasteiger partial charge on any atom is 0.137 e. The lowest BCUT2D eigenvalue weighted by Crippen LogP contribution is -1.89. The van der Waals surface area contributed by atoms with E-state index in [0.717, 1.165) is 22.4 Å². The number of methoxy groups -OCH3 is 1. The van der Waals surface area contributed by atoms with Gasteiger partial charge in [0.2, 0.25) is 0 Å². The zero-order chi connectivity index (χ0) is 12.4. The summed E-state index contributed by atoms with van der Waals surface area (Å²) in [4.78, 5) is 0. The van der Waals surface area contributed by atoms with E-state index < -0.39 is 0 Å². The molecule has 2 aromatic rings. The van der Waals surface area contributed by atoms with Crippen molar-refractivity contribution in [2.45, 2.75) is 6.92 Å². The molecular weight excluding hydrogens is 234 g/mol. The van der Waals surface area contributed by atoms with Crippen LogP contribution in [0.5, 0.6) is 5.75 Å². The Morgan fingerprint density at radius 1 is 1.06 bits per heavy atom. The van der Waals surface area contributed by atoms with E-state index in [1.807, 2.05) is 37.3 Å². The molecule has 0 heterocycles. The number of anilines is 1. The summed E-state index contributed by atoms with van der Waals surface area (Å²) in [7, 11) is 1.60. The number of ether oxygens (including phenoxy) is 1. The first-order valence-electron chi connectivity index (χ1n) is 5.31. The molecule has 2 N–H and O–H groups in total. The Hall–Kier alpha value is -1.67. The van der Waals surface area contributed by atoms with Crippen molar-refractivity contribution in [3.05, 3.63) is 47.0 Å². The Labute approximate surface area is 106 Å². The van der Waals surface area contributed by atoms with Crippen LogP contribution in [0.2, 0.25) is 5.02 Å². The van der Waals surface area contributed by atoms with E-state index in [9.17, 15) is 0 Å². The van der Waals surface area contributed by atoms with Gasteiger partial charge in [0.1, 0.15) is 5.75 Å². The fraction of sp³-hybridized carbons (Fsp3) is 0.143. The van der Waals surface area contributed by atoms with Crippen molar-refractivity contribution in [2.24, 2.45) is 0 Å². The molecule has 0 bridgehead atoms. The Kier molecular flexibility index (Phi) is 3.25. The zero-order valence-corrected chi connectivity index (χ0v) is 10.6. The summed E-state index contributed by atoms with van der Waals surface area (Å²) in [6, 6.07) is 11.7. The highest BCUT2D eigenvalue weighted by Gasteiger charge is 2.04. The molecule has 2 nitrogen and oxygen atoms in total. The molecule has 3 heteroatoms. The molecule has 0 aliphatic carbocycles. The molecule has 0 saturated heterocycles. The van der Waals surface area contributed by atoms with E-state index in [1.54, 1.807) is 7.11 Å². The molecule has 0 aliphatic rings. The Bertz CT molecular complexity index is 532. The van der Waals surface area contributed by atoms with Gasteiger partial charge in [-0.2, -0.15) is 0 Å². The fourth-order valence-electron chi connectivity index (χ4n) is 1.83. The van der Waals surface area contributed by atoms with Gasteiger partial charge in [0.15, 0.2) is 0 Å². The normalized spacial score (nSPS) is 10.3. The van der Waals surface area contributed by atoms with E-state index in [2.05, 4.69) is 6.07 Å². The number of hydrogen-bond acceptors (Lipinski definition) is 2. The SMILES string of the molecule is COc1ccc(-c2cc(C)cc(N)c2)cc1Cl. The molecule has 2 aromatic carbocycles. The molecule has 0 spiro atoms. The number of halogens is 1. The second-order valence-corrected chi connectivity index (χ2v) is 4.39. The van der Waals surface area contributed by atoms with Crippen LogP contribution in [0, 0.1) is 6.92 Å². The van der Waals surface area contributed by atoms with Crippen LogP contribution in [0.15, 0.2) is 36.4 Å². The lowest BCUT2D eigenvalue weighted by molar-refractivity contribution is 0.415. The summed E-state index contributed by atoms with van der Waals surface area (Å²) < 4.78 is 5.13. The minimum atomic E-state index is 0.602. The quantitative estimate of drug-likeness (QED) is 0.817. The number of nitrogens with two attached hydrogens (primary N) is 1. The molecule has 0 aliphatic heterocycles. The van der Waals surface area contributed by atoms with Crippen molar-refractivity contribution in [2.75, 3.05) is 12.8 Å². The molecule has 0 unspecified atom stereocenters. The lowest BCUT2D eigenvalue weighted by Gasteiger charge is -2.08. The zero-order valence-electron chi connectivity index (χ0n) is 9.83. The van der Waals surface area contributed by atoms with Crippen molar-refractivity contribution in [3.8, 4) is 16.9 Å². The fourth-order valence-corrected chi connectivity index (χ4v) is 2.08. The highest BCUT2D eigenvalue weighted by Crippen LogP contribution is 2.31. The molecule has 0 aromatic heterocycles. The monoisotopic (exact) mass is 247 g/mol. The predicted octanol–water partition coefficient (Wildman–Crippen LogP) is 3.91. The van der Waals surface area contributed by atoms with Gasteiger partial charge in [-0.1, -0.05) is 23.7 Å². The number of aryl methyl sites for hydroxylation is 1. The van der Waals surface area contributed by atoms with Crippen LogP contribution in [0.3, 0.4) is 0 Å². The van der Waals surface area contributed by atoms with E-state index in [1.165, 1.54) is 0 Å². The summed E-state index contributed by atoms with van der Waals surface area (Å²) >= 11 is 6.10. The number of nitrogen functional groups attached to an aromatic ring is 1. The van der Waals surface area contributed by atoms with E-state index in [0.29, 0.717) is 10.8 Å². The Balaban J connectivity index is 2.49. The Morgan fingerprint density at radius 2 is 1.82 bits per heavy atom. The van der Waals surface area contributed by atoms with Gasteiger partial charge >= 0.3 is 0 Å². The minimum absolute atomic E-state index is 0.602. The van der Waals surface area contributed by atoms with Crippen molar-refractivity contribution in [1.82, 2.24) is 0 Å². The molecule has 88 valence electrons. The molecule has 2 rings (SSSR count). The molecule has 0 amide bonds. The van der Waals surface area contributed by atoms with Crippen LogP contribution >= 0.6 is 11.6 Å². The largest absolute Gasteiger partial charge is 0.495 e. The van der Waals surface area contributed by atoms with Crippen LogP contribution in [-0.4, -0.2) is 7.11 Å². The molecule has 0 saturated carbocycles. The number of hydrogen-bond donors (Lipinski definition) is 1. The highest BCUT2D eigenvalue weighted by molar-refractivity contribution is 6.32. The lowest BCUT2D eigenvalue weighted by atomic mass is 10.0. The van der Waals surface area contributed by atoms with Gasteiger partial charge in [0.05, 0.1) is 12.1 Å². The standard InChI is InChI=1S/C14H14ClNO/c1-9-5-11(7-12(16)6-9)10-3-4-14(17-2)13(15)8-10/h3-8H,16H2,1-2H3. The molecule has 0 fully saturated rings. The van der Waals surface area contributed by atoms with Crippen LogP contribution in [0.1, 0.15) is 5.56 Å². The summed E-state index contributed by atoms with van der Waals surface area (Å²) in [6.45, 7) is 2.02. The van der Waals surface area contributed by atoms with Gasteiger partial charge in [0.25, 0.3) is 0 Å². The molecule has 17 heavy (non-hydrogen) atoms. The average molecular weight is 248 g/mol. The van der Waals surface area contributed by atoms with E-state index in [-0.39, 0.29) is 0 Å². The summed E-state index contributed by atoms with van der Waals surface area (Å²) in [5.41, 5.74) is 9.82. The smallest absolute Gasteiger partial charge is 0.137 e. The number of benzene rings is 2. The van der Waals surface area contributed by atoms with Gasteiger partial charge in [-0.05, 0) is 47.9 Å². The summed E-state index contributed by atoms with van der Waals surface area (Å²) in [5, 5.41) is 0.602. The van der Waals surface area contributed by atoms with Crippen molar-refractivity contribution >= 4 is 17.3 Å². The minimum Gasteiger partial charge on any atom is -0.495 e. The average Bonchev–Trinajstić information content (AvgIpc) is 2.27. The van der Waals surface area contributed by atoms with Crippen LogP contribution in [-0.2, 0) is 0 Å². The molecule has 0 radical (unpaired) electrons. The van der Waals surface area contributed by atoms with Gasteiger partial charge < -0.3 is 10.5 Å². The number of rotatable bonds is 2. The second-order valence-electron chi connectivity index (χ2n) is 3.98. The highest BCUT2D eigenvalue weighted by atomic mass is 35.5. The van der Waals surface area contributed by atoms with Gasteiger partial charge in [0, 0.05) is 5.69 Å². The second kappa shape index (κ2) is 4.68. The molecular formula is C14H14ClNO. The topological polar surface area (TPSA) is 35.2 Å². The van der Waals surface area contributed by atoms with Gasteiger partial charge in [-0.25, -0.2) is 0 Å². The third kappa shape index (κ3) is 2.53. The van der Waals surface area contributed by atoms with Crippen LogP contribution < -0.4 is 10.5 Å². The van der Waals surface area contributed by atoms with Gasteiger partial charge in [-0.15, -0.1) is 0 Å².